The van der Waals surface area contributed by atoms with Gasteiger partial charge in [0.1, 0.15) is 4.21 Å². The van der Waals surface area contributed by atoms with Crippen molar-refractivity contribution < 1.29 is 8.42 Å². The van der Waals surface area contributed by atoms with Gasteiger partial charge in [0.25, 0.3) is 0 Å². The molecule has 1 atom stereocenters. The fraction of sp³-hybridized carbons (Fsp3) is 0.600. The van der Waals surface area contributed by atoms with E-state index in [0.29, 0.717) is 10.8 Å². The lowest BCUT2D eigenvalue weighted by atomic mass is 10.2. The summed E-state index contributed by atoms with van der Waals surface area (Å²) in [6, 6.07) is 3.46. The zero-order chi connectivity index (χ0) is 12.2. The molecular formula is C10H16BrNO2S2. The van der Waals surface area contributed by atoms with E-state index in [1.807, 2.05) is 13.0 Å². The van der Waals surface area contributed by atoms with E-state index in [4.69, 9.17) is 0 Å². The first-order valence-corrected chi connectivity index (χ1v) is 8.37. The maximum atomic E-state index is 11.8. The summed E-state index contributed by atoms with van der Waals surface area (Å²) in [4.78, 5) is 1.21. The van der Waals surface area contributed by atoms with Gasteiger partial charge in [-0.1, -0.05) is 29.3 Å². The van der Waals surface area contributed by atoms with Crippen molar-refractivity contribution in [3.8, 4) is 0 Å². The number of halogens is 1. The molecular weight excluding hydrogens is 310 g/mol. The highest BCUT2D eigenvalue weighted by Gasteiger charge is 2.16. The number of thiophene rings is 1. The Morgan fingerprint density at radius 3 is 2.69 bits per heavy atom. The summed E-state index contributed by atoms with van der Waals surface area (Å²) in [6.45, 7) is 4.41. The highest BCUT2D eigenvalue weighted by Crippen LogP contribution is 2.20. The van der Waals surface area contributed by atoms with Gasteiger partial charge in [0, 0.05) is 16.2 Å². The molecule has 6 heteroatoms. The van der Waals surface area contributed by atoms with Crippen LogP contribution in [0.5, 0.6) is 0 Å². The zero-order valence-electron chi connectivity index (χ0n) is 9.36. The fourth-order valence-corrected chi connectivity index (χ4v) is 4.49. The molecule has 92 valence electrons. The Morgan fingerprint density at radius 2 is 2.19 bits per heavy atom. The third-order valence-corrected chi connectivity index (χ3v) is 5.77. The van der Waals surface area contributed by atoms with Crippen LogP contribution in [0.1, 0.15) is 24.6 Å². The van der Waals surface area contributed by atoms with E-state index in [0.717, 1.165) is 17.7 Å². The molecule has 1 heterocycles. The topological polar surface area (TPSA) is 46.2 Å². The minimum Gasteiger partial charge on any atom is -0.209 e. The number of alkyl halides is 1. The Balaban J connectivity index is 2.59. The number of aryl methyl sites for hydroxylation is 1. The second-order valence-corrected chi connectivity index (χ2v) is 8.18. The third kappa shape index (κ3) is 4.16. The minimum absolute atomic E-state index is 0.202. The molecule has 3 nitrogen and oxygen atoms in total. The van der Waals surface area contributed by atoms with Gasteiger partial charge in [-0.2, -0.15) is 0 Å². The first-order valence-electron chi connectivity index (χ1n) is 5.16. The Hall–Kier alpha value is 0.0900. The number of hydrogen-bond donors (Lipinski definition) is 1. The molecule has 16 heavy (non-hydrogen) atoms. The number of sulfonamides is 1. The maximum Gasteiger partial charge on any atom is 0.250 e. The van der Waals surface area contributed by atoms with Gasteiger partial charge in [-0.05, 0) is 25.5 Å². The molecule has 0 spiro atoms. The molecule has 1 aromatic heterocycles. The minimum atomic E-state index is -3.31. The summed E-state index contributed by atoms with van der Waals surface area (Å²) in [6.07, 6.45) is 2.00. The van der Waals surface area contributed by atoms with Crippen molar-refractivity contribution in [1.29, 1.82) is 0 Å². The normalized spacial score (nSPS) is 13.9. The van der Waals surface area contributed by atoms with Crippen LogP contribution in [0.4, 0.5) is 0 Å². The largest absolute Gasteiger partial charge is 0.250 e. The smallest absolute Gasteiger partial charge is 0.209 e. The lowest BCUT2D eigenvalue weighted by Gasteiger charge is -2.09. The summed E-state index contributed by atoms with van der Waals surface area (Å²) in [5.74, 6) is 0. The summed E-state index contributed by atoms with van der Waals surface area (Å²) in [5.41, 5.74) is 0. The van der Waals surface area contributed by atoms with Crippen molar-refractivity contribution in [2.24, 2.45) is 0 Å². The molecule has 0 fully saturated rings. The van der Waals surface area contributed by atoms with Crippen molar-refractivity contribution in [1.82, 2.24) is 4.72 Å². The van der Waals surface area contributed by atoms with Crippen LogP contribution in [0, 0.1) is 6.92 Å². The van der Waals surface area contributed by atoms with Gasteiger partial charge in [0.05, 0.1) is 0 Å². The van der Waals surface area contributed by atoms with E-state index < -0.39 is 10.0 Å². The molecule has 0 aliphatic heterocycles. The maximum absolute atomic E-state index is 11.8. The van der Waals surface area contributed by atoms with Gasteiger partial charge in [-0.25, -0.2) is 13.1 Å². The number of rotatable bonds is 6. The second-order valence-electron chi connectivity index (χ2n) is 3.60. The van der Waals surface area contributed by atoms with E-state index in [2.05, 4.69) is 27.6 Å². The monoisotopic (exact) mass is 325 g/mol. The second kappa shape index (κ2) is 6.14. The molecule has 0 amide bonds. The van der Waals surface area contributed by atoms with Crippen LogP contribution in [0.25, 0.3) is 0 Å². The highest BCUT2D eigenvalue weighted by atomic mass is 79.9. The van der Waals surface area contributed by atoms with Crippen molar-refractivity contribution in [3.63, 3.8) is 0 Å². The Kier molecular flexibility index (Phi) is 5.43. The highest BCUT2D eigenvalue weighted by molar-refractivity contribution is 9.09. The van der Waals surface area contributed by atoms with E-state index in [9.17, 15) is 8.42 Å². The van der Waals surface area contributed by atoms with Crippen LogP contribution < -0.4 is 4.72 Å². The number of hydrogen-bond acceptors (Lipinski definition) is 3. The van der Waals surface area contributed by atoms with Crippen LogP contribution in [0.2, 0.25) is 0 Å². The molecule has 1 aromatic rings. The van der Waals surface area contributed by atoms with Crippen molar-refractivity contribution in [3.05, 3.63) is 17.0 Å². The molecule has 0 radical (unpaired) electrons. The Bertz CT molecular complexity index is 428. The van der Waals surface area contributed by atoms with Crippen molar-refractivity contribution >= 4 is 37.3 Å². The quantitative estimate of drug-likeness (QED) is 0.817. The number of nitrogens with one attached hydrogen (secondary N) is 1. The molecule has 0 bridgehead atoms. The molecule has 0 aliphatic rings. The van der Waals surface area contributed by atoms with E-state index in [-0.39, 0.29) is 4.83 Å². The lowest BCUT2D eigenvalue weighted by molar-refractivity contribution is 0.580. The fourth-order valence-electron chi connectivity index (χ4n) is 1.24. The summed E-state index contributed by atoms with van der Waals surface area (Å²) >= 11 is 4.74. The summed E-state index contributed by atoms with van der Waals surface area (Å²) < 4.78 is 26.7. The van der Waals surface area contributed by atoms with E-state index >= 15 is 0 Å². The van der Waals surface area contributed by atoms with Gasteiger partial charge < -0.3 is 0 Å². The molecule has 1 N–H and O–H groups in total. The predicted molar refractivity (Wildman–Crippen MR) is 71.9 cm³/mol. The lowest BCUT2D eigenvalue weighted by Crippen LogP contribution is -2.29. The standard InChI is InChI=1S/C10H16BrNO2S2/c1-3-4-9(11)7-12-16(13,14)10-6-5-8(2)15-10/h5-6,9,12H,3-4,7H2,1-2H3. The average molecular weight is 326 g/mol. The molecule has 0 saturated carbocycles. The van der Waals surface area contributed by atoms with Crippen LogP contribution in [-0.4, -0.2) is 19.8 Å². The van der Waals surface area contributed by atoms with Gasteiger partial charge in [0.2, 0.25) is 10.0 Å². The Morgan fingerprint density at radius 1 is 1.50 bits per heavy atom. The average Bonchev–Trinajstić information content (AvgIpc) is 2.63. The molecule has 1 rings (SSSR count). The van der Waals surface area contributed by atoms with Crippen LogP contribution in [0.3, 0.4) is 0 Å². The SMILES string of the molecule is CCCC(Br)CNS(=O)(=O)c1ccc(C)s1. The van der Waals surface area contributed by atoms with Gasteiger partial charge in [-0.15, -0.1) is 11.3 Å². The first kappa shape index (κ1) is 14.2. The first-order chi connectivity index (χ1) is 7.45. The third-order valence-electron chi connectivity index (χ3n) is 2.08. The molecule has 1 unspecified atom stereocenters. The van der Waals surface area contributed by atoms with Gasteiger partial charge in [-0.3, -0.25) is 0 Å². The summed E-state index contributed by atoms with van der Waals surface area (Å²) in [5, 5.41) is 0. The van der Waals surface area contributed by atoms with E-state index in [1.165, 1.54) is 11.3 Å². The molecule has 0 aliphatic carbocycles. The van der Waals surface area contributed by atoms with Crippen LogP contribution in [0.15, 0.2) is 16.3 Å². The summed E-state index contributed by atoms with van der Waals surface area (Å²) in [7, 11) is -3.31. The van der Waals surface area contributed by atoms with Gasteiger partial charge in [0.15, 0.2) is 0 Å². The van der Waals surface area contributed by atoms with Crippen LogP contribution in [-0.2, 0) is 10.0 Å². The predicted octanol–water partition coefficient (Wildman–Crippen LogP) is 2.90. The zero-order valence-corrected chi connectivity index (χ0v) is 12.6. The Labute approximate surface area is 109 Å². The molecule has 0 saturated heterocycles. The van der Waals surface area contributed by atoms with Gasteiger partial charge >= 0.3 is 0 Å². The molecule has 0 aromatic carbocycles. The van der Waals surface area contributed by atoms with Crippen molar-refractivity contribution in [2.45, 2.75) is 35.7 Å². The van der Waals surface area contributed by atoms with Crippen molar-refractivity contribution in [2.75, 3.05) is 6.54 Å². The van der Waals surface area contributed by atoms with Crippen LogP contribution >= 0.6 is 27.3 Å². The van der Waals surface area contributed by atoms with E-state index in [1.54, 1.807) is 6.07 Å².